The van der Waals surface area contributed by atoms with Crippen LogP contribution in [-0.4, -0.2) is 35.3 Å². The third-order valence-corrected chi connectivity index (χ3v) is 3.00. The zero-order valence-corrected chi connectivity index (χ0v) is 11.6. The summed E-state index contributed by atoms with van der Waals surface area (Å²) in [5.41, 5.74) is 1.90. The standard InChI is InChI=1S/C15H18N2O3/c1-3-20-15(19)13(9-18)17-14-8-10(2)11-6-4-5-7-12(11)16-14/h4-8,13,18H,3,9H2,1-2H3,(H,16,17). The van der Waals surface area contributed by atoms with Gasteiger partial charge in [0.1, 0.15) is 11.9 Å². The van der Waals surface area contributed by atoms with Gasteiger partial charge in [-0.2, -0.15) is 0 Å². The Morgan fingerprint density at radius 1 is 1.45 bits per heavy atom. The van der Waals surface area contributed by atoms with E-state index in [9.17, 15) is 9.90 Å². The summed E-state index contributed by atoms with van der Waals surface area (Å²) in [4.78, 5) is 16.1. The molecule has 1 atom stereocenters. The zero-order valence-electron chi connectivity index (χ0n) is 11.6. The first-order chi connectivity index (χ1) is 9.65. The number of para-hydroxylation sites is 1. The molecule has 0 saturated carbocycles. The van der Waals surface area contributed by atoms with Crippen molar-refractivity contribution in [1.82, 2.24) is 4.98 Å². The SMILES string of the molecule is CCOC(=O)C(CO)Nc1cc(C)c2ccccc2n1. The molecular formula is C15H18N2O3. The highest BCUT2D eigenvalue weighted by atomic mass is 16.5. The van der Waals surface area contributed by atoms with Crippen LogP contribution in [0.1, 0.15) is 12.5 Å². The number of hydrogen-bond acceptors (Lipinski definition) is 5. The van der Waals surface area contributed by atoms with Crippen LogP contribution in [0.5, 0.6) is 0 Å². The van der Waals surface area contributed by atoms with E-state index in [4.69, 9.17) is 4.74 Å². The molecule has 0 bridgehead atoms. The van der Waals surface area contributed by atoms with E-state index >= 15 is 0 Å². The second-order valence-electron chi connectivity index (χ2n) is 4.47. The second kappa shape index (κ2) is 6.34. The molecule has 0 fully saturated rings. The monoisotopic (exact) mass is 274 g/mol. The fraction of sp³-hybridized carbons (Fsp3) is 0.333. The topological polar surface area (TPSA) is 71.5 Å². The molecule has 5 heteroatoms. The number of aromatic nitrogens is 1. The van der Waals surface area contributed by atoms with Crippen LogP contribution in [0.4, 0.5) is 5.82 Å². The number of nitrogens with zero attached hydrogens (tertiary/aromatic N) is 1. The van der Waals surface area contributed by atoms with Crippen LogP contribution in [0.25, 0.3) is 10.9 Å². The first kappa shape index (κ1) is 14.3. The Kier molecular flexibility index (Phi) is 4.53. The van der Waals surface area contributed by atoms with E-state index < -0.39 is 12.0 Å². The number of hydrogen-bond donors (Lipinski definition) is 2. The maximum atomic E-state index is 11.7. The molecule has 2 N–H and O–H groups in total. The maximum absolute atomic E-state index is 11.7. The smallest absolute Gasteiger partial charge is 0.331 e. The lowest BCUT2D eigenvalue weighted by atomic mass is 10.1. The summed E-state index contributed by atoms with van der Waals surface area (Å²) >= 11 is 0. The number of pyridine rings is 1. The number of fused-ring (bicyclic) bond motifs is 1. The van der Waals surface area contributed by atoms with Gasteiger partial charge in [0.2, 0.25) is 0 Å². The van der Waals surface area contributed by atoms with Crippen LogP contribution >= 0.6 is 0 Å². The number of aliphatic hydroxyl groups is 1. The molecule has 106 valence electrons. The average Bonchev–Trinajstić information content (AvgIpc) is 2.45. The van der Waals surface area contributed by atoms with Crippen molar-refractivity contribution in [3.63, 3.8) is 0 Å². The van der Waals surface area contributed by atoms with Gasteiger partial charge in [0.05, 0.1) is 18.7 Å². The minimum atomic E-state index is -0.803. The fourth-order valence-corrected chi connectivity index (χ4v) is 2.02. The van der Waals surface area contributed by atoms with Crippen molar-refractivity contribution in [2.24, 2.45) is 0 Å². The molecule has 1 aromatic heterocycles. The van der Waals surface area contributed by atoms with Gasteiger partial charge in [-0.05, 0) is 31.5 Å². The highest BCUT2D eigenvalue weighted by Gasteiger charge is 2.19. The summed E-state index contributed by atoms with van der Waals surface area (Å²) in [5.74, 6) is 0.0657. The zero-order chi connectivity index (χ0) is 14.5. The Morgan fingerprint density at radius 3 is 2.90 bits per heavy atom. The van der Waals surface area contributed by atoms with Crippen molar-refractivity contribution >= 4 is 22.7 Å². The Hall–Kier alpha value is -2.14. The highest BCUT2D eigenvalue weighted by Crippen LogP contribution is 2.20. The van der Waals surface area contributed by atoms with Crippen LogP contribution in [0.15, 0.2) is 30.3 Å². The molecule has 5 nitrogen and oxygen atoms in total. The Morgan fingerprint density at radius 2 is 2.20 bits per heavy atom. The molecule has 0 amide bonds. The summed E-state index contributed by atoms with van der Waals surface area (Å²) < 4.78 is 4.90. The fourth-order valence-electron chi connectivity index (χ4n) is 2.02. The largest absolute Gasteiger partial charge is 0.464 e. The van der Waals surface area contributed by atoms with Gasteiger partial charge in [0, 0.05) is 5.39 Å². The Labute approximate surface area is 117 Å². The number of esters is 1. The molecule has 0 radical (unpaired) electrons. The van der Waals surface area contributed by atoms with Crippen LogP contribution in [0.3, 0.4) is 0 Å². The molecule has 1 heterocycles. The van der Waals surface area contributed by atoms with Gasteiger partial charge >= 0.3 is 5.97 Å². The molecule has 1 aromatic carbocycles. The van der Waals surface area contributed by atoms with Crippen molar-refractivity contribution < 1.29 is 14.6 Å². The number of aryl methyl sites for hydroxylation is 1. The summed E-state index contributed by atoms with van der Waals surface area (Å²) in [7, 11) is 0. The number of benzene rings is 1. The van der Waals surface area contributed by atoms with E-state index in [0.717, 1.165) is 16.5 Å². The maximum Gasteiger partial charge on any atom is 0.331 e. The molecule has 0 aliphatic heterocycles. The number of nitrogens with one attached hydrogen (secondary N) is 1. The second-order valence-corrected chi connectivity index (χ2v) is 4.47. The van der Waals surface area contributed by atoms with Crippen molar-refractivity contribution in [2.45, 2.75) is 19.9 Å². The molecule has 2 rings (SSSR count). The number of rotatable bonds is 5. The molecule has 0 saturated heterocycles. The molecule has 2 aromatic rings. The van der Waals surface area contributed by atoms with Gasteiger partial charge in [-0.3, -0.25) is 0 Å². The molecule has 20 heavy (non-hydrogen) atoms. The number of ether oxygens (including phenoxy) is 1. The molecule has 0 spiro atoms. The lowest BCUT2D eigenvalue weighted by Crippen LogP contribution is -2.35. The van der Waals surface area contributed by atoms with Gasteiger partial charge in [0.15, 0.2) is 0 Å². The minimum absolute atomic E-state index is 0.279. The van der Waals surface area contributed by atoms with Crippen LogP contribution < -0.4 is 5.32 Å². The predicted octanol–water partition coefficient (Wildman–Crippen LogP) is 1.88. The van der Waals surface area contributed by atoms with Crippen molar-refractivity contribution in [2.75, 3.05) is 18.5 Å². The number of aliphatic hydroxyl groups excluding tert-OH is 1. The third kappa shape index (κ3) is 3.05. The summed E-state index contributed by atoms with van der Waals surface area (Å²) in [5, 5.41) is 13.3. The minimum Gasteiger partial charge on any atom is -0.464 e. The lowest BCUT2D eigenvalue weighted by molar-refractivity contribution is -0.144. The lowest BCUT2D eigenvalue weighted by Gasteiger charge is -2.16. The summed E-state index contributed by atoms with van der Waals surface area (Å²) in [6, 6.07) is 8.82. The molecule has 0 aliphatic rings. The van der Waals surface area contributed by atoms with E-state index in [0.29, 0.717) is 5.82 Å². The van der Waals surface area contributed by atoms with E-state index in [-0.39, 0.29) is 13.2 Å². The normalized spacial score (nSPS) is 12.2. The third-order valence-electron chi connectivity index (χ3n) is 3.00. The van der Waals surface area contributed by atoms with E-state index in [1.165, 1.54) is 0 Å². The van der Waals surface area contributed by atoms with Crippen molar-refractivity contribution in [3.05, 3.63) is 35.9 Å². The molecule has 1 unspecified atom stereocenters. The first-order valence-electron chi connectivity index (χ1n) is 6.56. The molecular weight excluding hydrogens is 256 g/mol. The highest BCUT2D eigenvalue weighted by molar-refractivity contribution is 5.85. The quantitative estimate of drug-likeness (QED) is 0.815. The van der Waals surface area contributed by atoms with E-state index in [2.05, 4.69) is 10.3 Å². The van der Waals surface area contributed by atoms with Gasteiger partial charge in [0.25, 0.3) is 0 Å². The Bertz CT molecular complexity index is 613. The van der Waals surface area contributed by atoms with Gasteiger partial charge in [-0.15, -0.1) is 0 Å². The van der Waals surface area contributed by atoms with E-state index in [1.54, 1.807) is 6.92 Å². The molecule has 0 aliphatic carbocycles. The van der Waals surface area contributed by atoms with E-state index in [1.807, 2.05) is 37.3 Å². The van der Waals surface area contributed by atoms with Crippen LogP contribution in [-0.2, 0) is 9.53 Å². The average molecular weight is 274 g/mol. The number of carbonyl (C=O) groups is 1. The van der Waals surface area contributed by atoms with Crippen LogP contribution in [0, 0.1) is 6.92 Å². The summed E-state index contributed by atoms with van der Waals surface area (Å²) in [6.45, 7) is 3.64. The Balaban J connectivity index is 2.26. The number of anilines is 1. The van der Waals surface area contributed by atoms with Gasteiger partial charge in [-0.1, -0.05) is 18.2 Å². The van der Waals surface area contributed by atoms with Gasteiger partial charge < -0.3 is 15.2 Å². The van der Waals surface area contributed by atoms with Crippen molar-refractivity contribution in [1.29, 1.82) is 0 Å². The summed E-state index contributed by atoms with van der Waals surface area (Å²) in [6.07, 6.45) is 0. The van der Waals surface area contributed by atoms with Crippen molar-refractivity contribution in [3.8, 4) is 0 Å². The van der Waals surface area contributed by atoms with Crippen LogP contribution in [0.2, 0.25) is 0 Å². The van der Waals surface area contributed by atoms with Gasteiger partial charge in [-0.25, -0.2) is 9.78 Å². The number of carbonyl (C=O) groups excluding carboxylic acids is 1. The first-order valence-corrected chi connectivity index (χ1v) is 6.56. The predicted molar refractivity (Wildman–Crippen MR) is 77.6 cm³/mol.